The minimum atomic E-state index is -0.0123. The maximum Gasteiger partial charge on any atom is 0.146 e. The summed E-state index contributed by atoms with van der Waals surface area (Å²) in [5.74, 6) is 0. The molecule has 0 saturated carbocycles. The van der Waals surface area contributed by atoms with Crippen LogP contribution < -0.4 is 0 Å². The molecule has 0 amide bonds. The van der Waals surface area contributed by atoms with Crippen molar-refractivity contribution in [3.05, 3.63) is 41.5 Å². The van der Waals surface area contributed by atoms with Gasteiger partial charge >= 0.3 is 0 Å². The summed E-state index contributed by atoms with van der Waals surface area (Å²) in [5, 5.41) is 0. The minimum absolute atomic E-state index is 0.0123. The van der Waals surface area contributed by atoms with Crippen LogP contribution in [-0.2, 0) is 4.43 Å². The smallest absolute Gasteiger partial charge is 0.146 e. The van der Waals surface area contributed by atoms with Gasteiger partial charge in [-0.2, -0.15) is 0 Å². The molecular formula is C13H20OSi. The minimum Gasteiger partial charge on any atom is -0.423 e. The van der Waals surface area contributed by atoms with Crippen LogP contribution in [0.3, 0.4) is 0 Å². The standard InChI is InChI=1S/C13H20OSi/c1-11(10-13(2,3)14-15)9-12-7-5-4-6-8-12/h4-9H,10H2,1-3,15H3. The van der Waals surface area contributed by atoms with Gasteiger partial charge in [-0.25, -0.2) is 0 Å². The van der Waals surface area contributed by atoms with E-state index in [4.69, 9.17) is 4.43 Å². The van der Waals surface area contributed by atoms with Crippen molar-refractivity contribution >= 4 is 16.6 Å². The van der Waals surface area contributed by atoms with Crippen LogP contribution in [0, 0.1) is 0 Å². The molecule has 0 aliphatic rings. The lowest BCUT2D eigenvalue weighted by atomic mass is 9.98. The molecule has 0 unspecified atom stereocenters. The maximum absolute atomic E-state index is 5.54. The van der Waals surface area contributed by atoms with Gasteiger partial charge < -0.3 is 4.43 Å². The van der Waals surface area contributed by atoms with Gasteiger partial charge in [0.05, 0.1) is 5.60 Å². The Hall–Kier alpha value is -0.863. The molecule has 0 aliphatic carbocycles. The summed E-state index contributed by atoms with van der Waals surface area (Å²) in [6.45, 7) is 6.44. The zero-order valence-electron chi connectivity index (χ0n) is 10.1. The molecule has 0 fully saturated rings. The summed E-state index contributed by atoms with van der Waals surface area (Å²) in [6.07, 6.45) is 3.22. The molecule has 1 aromatic rings. The Morgan fingerprint density at radius 2 is 1.93 bits per heavy atom. The first-order valence-electron chi connectivity index (χ1n) is 5.31. The third-order valence-electron chi connectivity index (χ3n) is 2.47. The van der Waals surface area contributed by atoms with E-state index in [9.17, 15) is 0 Å². The van der Waals surface area contributed by atoms with Gasteiger partial charge in [0.25, 0.3) is 0 Å². The van der Waals surface area contributed by atoms with Gasteiger partial charge in [0.1, 0.15) is 10.5 Å². The number of benzene rings is 1. The van der Waals surface area contributed by atoms with E-state index < -0.39 is 0 Å². The monoisotopic (exact) mass is 220 g/mol. The zero-order chi connectivity index (χ0) is 11.3. The van der Waals surface area contributed by atoms with Crippen molar-refractivity contribution in [2.24, 2.45) is 0 Å². The molecule has 0 aromatic heterocycles. The Morgan fingerprint density at radius 3 is 2.47 bits per heavy atom. The molecule has 2 heteroatoms. The van der Waals surface area contributed by atoms with Gasteiger partial charge in [-0.3, -0.25) is 0 Å². The summed E-state index contributed by atoms with van der Waals surface area (Å²) in [6, 6.07) is 10.4. The molecular weight excluding hydrogens is 200 g/mol. The maximum atomic E-state index is 5.54. The summed E-state index contributed by atoms with van der Waals surface area (Å²) in [5.41, 5.74) is 2.61. The van der Waals surface area contributed by atoms with Crippen LogP contribution in [0.1, 0.15) is 32.8 Å². The molecule has 1 aromatic carbocycles. The molecule has 0 atom stereocenters. The van der Waals surface area contributed by atoms with Crippen molar-refractivity contribution in [1.29, 1.82) is 0 Å². The van der Waals surface area contributed by atoms with Gasteiger partial charge in [0.2, 0.25) is 0 Å². The molecule has 0 spiro atoms. The van der Waals surface area contributed by atoms with Crippen LogP contribution in [0.15, 0.2) is 35.9 Å². The Bertz CT molecular complexity index is 328. The quantitative estimate of drug-likeness (QED) is 0.709. The molecule has 0 N–H and O–H groups in total. The van der Waals surface area contributed by atoms with Crippen LogP contribution in [0.5, 0.6) is 0 Å². The van der Waals surface area contributed by atoms with Crippen LogP contribution in [0.2, 0.25) is 0 Å². The first-order chi connectivity index (χ1) is 7.03. The molecule has 1 rings (SSSR count). The van der Waals surface area contributed by atoms with Crippen molar-refractivity contribution in [2.75, 3.05) is 0 Å². The molecule has 82 valence electrons. The lowest BCUT2D eigenvalue weighted by Crippen LogP contribution is -2.23. The lowest BCUT2D eigenvalue weighted by Gasteiger charge is -2.24. The second kappa shape index (κ2) is 5.28. The average Bonchev–Trinajstić information content (AvgIpc) is 2.18. The van der Waals surface area contributed by atoms with E-state index >= 15 is 0 Å². The molecule has 15 heavy (non-hydrogen) atoms. The van der Waals surface area contributed by atoms with E-state index in [1.165, 1.54) is 11.1 Å². The lowest BCUT2D eigenvalue weighted by molar-refractivity contribution is 0.124. The van der Waals surface area contributed by atoms with Gasteiger partial charge in [-0.15, -0.1) is 0 Å². The van der Waals surface area contributed by atoms with E-state index in [2.05, 4.69) is 51.1 Å². The highest BCUT2D eigenvalue weighted by Crippen LogP contribution is 2.20. The predicted molar refractivity (Wildman–Crippen MR) is 69.8 cm³/mol. The number of hydrogen-bond acceptors (Lipinski definition) is 1. The fourth-order valence-corrected chi connectivity index (χ4v) is 1.77. The highest BCUT2D eigenvalue weighted by Gasteiger charge is 2.15. The van der Waals surface area contributed by atoms with Crippen molar-refractivity contribution in [1.82, 2.24) is 0 Å². The Morgan fingerprint density at radius 1 is 1.33 bits per heavy atom. The molecule has 0 saturated heterocycles. The Kier molecular flexibility index (Phi) is 4.30. The van der Waals surface area contributed by atoms with Crippen molar-refractivity contribution in [3.63, 3.8) is 0 Å². The summed E-state index contributed by atoms with van der Waals surface area (Å²) in [4.78, 5) is 0. The summed E-state index contributed by atoms with van der Waals surface area (Å²) >= 11 is 0. The van der Waals surface area contributed by atoms with Crippen molar-refractivity contribution in [2.45, 2.75) is 32.8 Å². The zero-order valence-corrected chi connectivity index (χ0v) is 12.1. The van der Waals surface area contributed by atoms with E-state index in [1.807, 2.05) is 6.07 Å². The average molecular weight is 220 g/mol. The van der Waals surface area contributed by atoms with Crippen LogP contribution >= 0.6 is 0 Å². The highest BCUT2D eigenvalue weighted by molar-refractivity contribution is 5.98. The largest absolute Gasteiger partial charge is 0.423 e. The highest BCUT2D eigenvalue weighted by atomic mass is 28.2. The SMILES string of the molecule is CC(=Cc1ccccc1)CC(C)(C)O[SiH3]. The van der Waals surface area contributed by atoms with E-state index in [-0.39, 0.29) is 5.60 Å². The van der Waals surface area contributed by atoms with E-state index in [0.717, 1.165) is 16.9 Å². The van der Waals surface area contributed by atoms with Crippen LogP contribution in [0.25, 0.3) is 6.08 Å². The van der Waals surface area contributed by atoms with Gasteiger partial charge in [-0.05, 0) is 32.8 Å². The van der Waals surface area contributed by atoms with E-state index in [0.29, 0.717) is 0 Å². The van der Waals surface area contributed by atoms with Crippen LogP contribution in [-0.4, -0.2) is 16.1 Å². The summed E-state index contributed by atoms with van der Waals surface area (Å²) in [7, 11) is 0.798. The second-order valence-electron chi connectivity index (χ2n) is 4.54. The first-order valence-corrected chi connectivity index (χ1v) is 6.12. The summed E-state index contributed by atoms with van der Waals surface area (Å²) < 4.78 is 5.54. The fourth-order valence-electron chi connectivity index (χ4n) is 1.63. The first kappa shape index (κ1) is 12.2. The predicted octanol–water partition coefficient (Wildman–Crippen LogP) is 2.56. The molecule has 1 nitrogen and oxygen atoms in total. The van der Waals surface area contributed by atoms with E-state index in [1.54, 1.807) is 0 Å². The van der Waals surface area contributed by atoms with Gasteiger partial charge in [0.15, 0.2) is 0 Å². The van der Waals surface area contributed by atoms with Crippen molar-refractivity contribution < 1.29 is 4.43 Å². The molecule has 0 bridgehead atoms. The number of rotatable bonds is 4. The molecule has 0 heterocycles. The topological polar surface area (TPSA) is 9.23 Å². The Balaban J connectivity index is 2.69. The third kappa shape index (κ3) is 4.45. The molecule has 0 radical (unpaired) electrons. The normalized spacial score (nSPS) is 13.1. The third-order valence-corrected chi connectivity index (χ3v) is 3.57. The van der Waals surface area contributed by atoms with Gasteiger partial charge in [0, 0.05) is 0 Å². The number of hydrogen-bond donors (Lipinski definition) is 0. The fraction of sp³-hybridized carbons (Fsp3) is 0.385. The van der Waals surface area contributed by atoms with Gasteiger partial charge in [-0.1, -0.05) is 42.0 Å². The van der Waals surface area contributed by atoms with Crippen molar-refractivity contribution in [3.8, 4) is 0 Å². The van der Waals surface area contributed by atoms with Crippen LogP contribution in [0.4, 0.5) is 0 Å². The molecule has 0 aliphatic heterocycles. The Labute approximate surface area is 95.7 Å². The second-order valence-corrected chi connectivity index (χ2v) is 4.95.